The summed E-state index contributed by atoms with van der Waals surface area (Å²) in [6.07, 6.45) is 0. The van der Waals surface area contributed by atoms with Crippen molar-refractivity contribution in [2.45, 2.75) is 0 Å². The van der Waals surface area contributed by atoms with Gasteiger partial charge in [-0.05, 0) is 116 Å². The smallest absolute Gasteiger partial charge is 0.0468 e. The summed E-state index contributed by atoms with van der Waals surface area (Å²) in [7, 11) is 0. The second-order valence-corrected chi connectivity index (χ2v) is 14.5. The Bertz CT molecular complexity index is 2890. The molecule has 1 heterocycles. The fourth-order valence-corrected chi connectivity index (χ4v) is 8.71. The van der Waals surface area contributed by atoms with E-state index in [9.17, 15) is 0 Å². The van der Waals surface area contributed by atoms with Gasteiger partial charge in [0.1, 0.15) is 0 Å². The molecule has 0 amide bonds. The minimum atomic E-state index is 1.12. The summed E-state index contributed by atoms with van der Waals surface area (Å²) in [6.45, 7) is 0. The van der Waals surface area contributed by atoms with Crippen LogP contribution in [0.5, 0.6) is 0 Å². The van der Waals surface area contributed by atoms with Crippen molar-refractivity contribution in [3.05, 3.63) is 200 Å². The lowest BCUT2D eigenvalue weighted by Gasteiger charge is -2.26. The molecule has 1 nitrogen and oxygen atoms in total. The van der Waals surface area contributed by atoms with Gasteiger partial charge in [-0.3, -0.25) is 0 Å². The minimum Gasteiger partial charge on any atom is -0.310 e. The number of fused-ring (bicyclic) bond motifs is 5. The normalized spacial score (nSPS) is 11.5. The highest BCUT2D eigenvalue weighted by molar-refractivity contribution is 7.26. The van der Waals surface area contributed by atoms with Crippen molar-refractivity contribution < 1.29 is 0 Å². The molecule has 0 unspecified atom stereocenters. The third-order valence-electron chi connectivity index (χ3n) is 10.2. The van der Waals surface area contributed by atoms with Crippen LogP contribution in [0.1, 0.15) is 0 Å². The number of thiophene rings is 1. The predicted molar refractivity (Wildman–Crippen MR) is 225 cm³/mol. The molecule has 52 heavy (non-hydrogen) atoms. The van der Waals surface area contributed by atoms with Gasteiger partial charge in [-0.15, -0.1) is 11.3 Å². The molecule has 0 saturated carbocycles. The zero-order valence-corrected chi connectivity index (χ0v) is 29.2. The largest absolute Gasteiger partial charge is 0.310 e. The van der Waals surface area contributed by atoms with Crippen molar-refractivity contribution in [1.29, 1.82) is 0 Å². The number of anilines is 3. The second kappa shape index (κ2) is 12.7. The first-order valence-corrected chi connectivity index (χ1v) is 18.6. The lowest BCUT2D eigenvalue weighted by molar-refractivity contribution is 1.29. The number of rotatable bonds is 6. The fourth-order valence-electron chi connectivity index (χ4n) is 7.60. The Morgan fingerprint density at radius 3 is 1.48 bits per heavy atom. The van der Waals surface area contributed by atoms with Gasteiger partial charge in [0.2, 0.25) is 0 Å². The zero-order chi connectivity index (χ0) is 34.4. The van der Waals surface area contributed by atoms with Crippen molar-refractivity contribution in [2.75, 3.05) is 4.90 Å². The van der Waals surface area contributed by atoms with Crippen LogP contribution >= 0.6 is 11.3 Å². The summed E-state index contributed by atoms with van der Waals surface area (Å²) in [4.78, 5) is 2.37. The minimum absolute atomic E-state index is 1.12. The van der Waals surface area contributed by atoms with E-state index in [0.717, 1.165) is 17.1 Å². The summed E-state index contributed by atoms with van der Waals surface area (Å²) in [5, 5.41) is 7.63. The Morgan fingerprint density at radius 2 is 0.827 bits per heavy atom. The van der Waals surface area contributed by atoms with Crippen molar-refractivity contribution in [3.63, 3.8) is 0 Å². The molecule has 0 atom stereocenters. The summed E-state index contributed by atoms with van der Waals surface area (Å²) in [6, 6.07) is 72.9. The van der Waals surface area contributed by atoms with E-state index >= 15 is 0 Å². The Hall–Kier alpha value is -6.48. The monoisotopic (exact) mass is 679 g/mol. The van der Waals surface area contributed by atoms with E-state index in [1.165, 1.54) is 75.1 Å². The first-order valence-electron chi connectivity index (χ1n) is 17.7. The first-order chi connectivity index (χ1) is 25.7. The molecule has 0 bridgehead atoms. The molecular weight excluding hydrogens is 647 g/mol. The van der Waals surface area contributed by atoms with Crippen LogP contribution in [0, 0.1) is 0 Å². The number of benzene rings is 9. The van der Waals surface area contributed by atoms with E-state index in [4.69, 9.17) is 0 Å². The molecule has 2 heteroatoms. The molecule has 0 saturated heterocycles. The van der Waals surface area contributed by atoms with Crippen LogP contribution in [0.15, 0.2) is 200 Å². The van der Waals surface area contributed by atoms with Crippen LogP contribution < -0.4 is 4.90 Å². The zero-order valence-electron chi connectivity index (χ0n) is 28.4. The standard InChI is InChI=1S/C50H33NS/c1-2-13-43(14-3-1)51(44-27-25-37(26-28-44)42-24-20-35-10-5-7-12-40(35)32-42)45-29-30-48-47(33-45)50-46(15-8-16-49(50)52-48)38-21-17-36(18-22-38)41-23-19-34-9-4-6-11-39(34)31-41/h1-33H. The van der Waals surface area contributed by atoms with Gasteiger partial charge >= 0.3 is 0 Å². The average molecular weight is 680 g/mol. The van der Waals surface area contributed by atoms with Crippen molar-refractivity contribution in [2.24, 2.45) is 0 Å². The van der Waals surface area contributed by atoms with Crippen molar-refractivity contribution in [1.82, 2.24) is 0 Å². The van der Waals surface area contributed by atoms with Gasteiger partial charge in [-0.25, -0.2) is 0 Å². The van der Waals surface area contributed by atoms with E-state index in [0.29, 0.717) is 0 Å². The molecule has 0 aliphatic heterocycles. The van der Waals surface area contributed by atoms with E-state index in [1.807, 2.05) is 11.3 Å². The van der Waals surface area contributed by atoms with E-state index in [-0.39, 0.29) is 0 Å². The van der Waals surface area contributed by atoms with Gasteiger partial charge in [-0.1, -0.05) is 140 Å². The van der Waals surface area contributed by atoms with Crippen molar-refractivity contribution in [3.8, 4) is 33.4 Å². The van der Waals surface area contributed by atoms with Crippen LogP contribution in [0.3, 0.4) is 0 Å². The molecule has 10 rings (SSSR count). The third-order valence-corrected chi connectivity index (χ3v) is 11.4. The quantitative estimate of drug-likeness (QED) is 0.169. The maximum absolute atomic E-state index is 2.38. The van der Waals surface area contributed by atoms with Crippen LogP contribution in [-0.4, -0.2) is 0 Å². The van der Waals surface area contributed by atoms with Gasteiger partial charge in [0.15, 0.2) is 0 Å². The van der Waals surface area contributed by atoms with Crippen LogP contribution in [0.2, 0.25) is 0 Å². The average Bonchev–Trinajstić information content (AvgIpc) is 3.60. The van der Waals surface area contributed by atoms with Gasteiger partial charge in [0.25, 0.3) is 0 Å². The summed E-state index contributed by atoms with van der Waals surface area (Å²) in [5.74, 6) is 0. The fraction of sp³-hybridized carbons (Fsp3) is 0. The predicted octanol–water partition coefficient (Wildman–Crippen LogP) is 14.8. The van der Waals surface area contributed by atoms with E-state index in [2.05, 4.69) is 205 Å². The van der Waals surface area contributed by atoms with Gasteiger partial charge < -0.3 is 4.90 Å². The first kappa shape index (κ1) is 30.4. The topological polar surface area (TPSA) is 3.24 Å². The third kappa shape index (κ3) is 5.42. The lowest BCUT2D eigenvalue weighted by atomic mass is 9.96. The molecule has 0 aliphatic rings. The molecule has 0 fully saturated rings. The van der Waals surface area contributed by atoms with E-state index < -0.39 is 0 Å². The molecular formula is C50H33NS. The Morgan fingerprint density at radius 1 is 0.308 bits per heavy atom. The number of hydrogen-bond acceptors (Lipinski definition) is 2. The number of hydrogen-bond donors (Lipinski definition) is 0. The highest BCUT2D eigenvalue weighted by atomic mass is 32.1. The molecule has 0 radical (unpaired) electrons. The molecule has 0 N–H and O–H groups in total. The van der Waals surface area contributed by atoms with Crippen LogP contribution in [-0.2, 0) is 0 Å². The lowest BCUT2D eigenvalue weighted by Crippen LogP contribution is -2.09. The van der Waals surface area contributed by atoms with Gasteiger partial charge in [0.05, 0.1) is 0 Å². The highest BCUT2D eigenvalue weighted by Gasteiger charge is 2.17. The Balaban J connectivity index is 1.05. The molecule has 0 aliphatic carbocycles. The Labute approximate surface area is 307 Å². The number of para-hydroxylation sites is 1. The maximum Gasteiger partial charge on any atom is 0.0468 e. The van der Waals surface area contributed by atoms with Crippen LogP contribution in [0.25, 0.3) is 75.1 Å². The molecule has 10 aromatic rings. The van der Waals surface area contributed by atoms with Gasteiger partial charge in [0, 0.05) is 37.2 Å². The molecule has 0 spiro atoms. The highest BCUT2D eigenvalue weighted by Crippen LogP contribution is 2.44. The summed E-state index contributed by atoms with van der Waals surface area (Å²) >= 11 is 1.87. The SMILES string of the molecule is c1ccc(N(c2ccc(-c3ccc4ccccc4c3)cc2)c2ccc3sc4cccc(-c5ccc(-c6ccc7ccccc7c6)cc5)c4c3c2)cc1. The molecule has 244 valence electrons. The second-order valence-electron chi connectivity index (χ2n) is 13.4. The number of nitrogens with zero attached hydrogens (tertiary/aromatic N) is 1. The summed E-state index contributed by atoms with van der Waals surface area (Å²) < 4.78 is 2.59. The van der Waals surface area contributed by atoms with Crippen molar-refractivity contribution >= 4 is 70.1 Å². The molecule has 1 aromatic heterocycles. The van der Waals surface area contributed by atoms with Gasteiger partial charge in [-0.2, -0.15) is 0 Å². The molecule has 9 aromatic carbocycles. The summed E-state index contributed by atoms with van der Waals surface area (Å²) in [5.41, 5.74) is 10.8. The maximum atomic E-state index is 2.38. The van der Waals surface area contributed by atoms with E-state index in [1.54, 1.807) is 0 Å². The van der Waals surface area contributed by atoms with Crippen LogP contribution in [0.4, 0.5) is 17.1 Å². The Kier molecular flexibility index (Phi) is 7.41.